The van der Waals surface area contributed by atoms with E-state index in [1.54, 1.807) is 0 Å². The highest BCUT2D eigenvalue weighted by Gasteiger charge is 2.49. The Morgan fingerprint density at radius 2 is 1.38 bits per heavy atom. The number of likely N-dealkylation sites (tertiary alicyclic amines) is 1. The van der Waals surface area contributed by atoms with Crippen LogP contribution in [0.3, 0.4) is 0 Å². The Balaban J connectivity index is 1.32. The minimum Gasteiger partial charge on any atom is -0.342 e. The quantitative estimate of drug-likeness (QED) is 0.636. The number of hydrogen-bond acceptors (Lipinski definition) is 2. The predicted octanol–water partition coefficient (Wildman–Crippen LogP) is 5.60. The predicted molar refractivity (Wildman–Crippen MR) is 128 cm³/mol. The smallest absolute Gasteiger partial charge is 0.223 e. The minimum atomic E-state index is 0.141. The van der Waals surface area contributed by atoms with Gasteiger partial charge in [-0.05, 0) is 65.3 Å². The molecule has 0 aromatic heterocycles. The molecule has 0 bridgehead atoms. The van der Waals surface area contributed by atoms with Crippen LogP contribution in [0.15, 0.2) is 54.1 Å². The SMILES string of the molecule is CC1(C)C[C@H]1C(=O)CCC(=O)N1CCC(=C2c3ccccc3CCc3ccccc32)CC1. The molecule has 2 aromatic carbocycles. The van der Waals surface area contributed by atoms with Gasteiger partial charge in [-0.1, -0.05) is 68.0 Å². The summed E-state index contributed by atoms with van der Waals surface area (Å²) in [5, 5.41) is 0. The van der Waals surface area contributed by atoms with Crippen LogP contribution in [0.2, 0.25) is 0 Å². The summed E-state index contributed by atoms with van der Waals surface area (Å²) in [4.78, 5) is 27.1. The number of carbonyl (C=O) groups is 2. The van der Waals surface area contributed by atoms with E-state index in [4.69, 9.17) is 0 Å². The molecule has 2 aliphatic carbocycles. The molecule has 1 atom stereocenters. The lowest BCUT2D eigenvalue weighted by molar-refractivity contribution is -0.133. The number of carbonyl (C=O) groups excluding carboxylic acids is 2. The molecule has 1 saturated carbocycles. The topological polar surface area (TPSA) is 37.4 Å². The lowest BCUT2D eigenvalue weighted by Crippen LogP contribution is -2.36. The van der Waals surface area contributed by atoms with Gasteiger partial charge in [0.2, 0.25) is 5.91 Å². The fourth-order valence-electron chi connectivity index (χ4n) is 5.62. The second-order valence-electron chi connectivity index (χ2n) is 10.4. The maximum atomic E-state index is 12.8. The monoisotopic (exact) mass is 427 g/mol. The number of benzene rings is 2. The van der Waals surface area contributed by atoms with E-state index < -0.39 is 0 Å². The zero-order valence-corrected chi connectivity index (χ0v) is 19.3. The molecule has 0 N–H and O–H groups in total. The Kier molecular flexibility index (Phi) is 5.53. The number of Topliss-reactive ketones (excluding diaryl/α,β-unsaturated/α-hetero) is 1. The number of aryl methyl sites for hydroxylation is 2. The molecule has 1 heterocycles. The van der Waals surface area contributed by atoms with Gasteiger partial charge in [0, 0.05) is 31.8 Å². The Hall–Kier alpha value is -2.68. The maximum absolute atomic E-state index is 12.8. The first-order valence-corrected chi connectivity index (χ1v) is 12.1. The van der Waals surface area contributed by atoms with Gasteiger partial charge in [-0.15, -0.1) is 0 Å². The van der Waals surface area contributed by atoms with Crippen LogP contribution in [0.25, 0.3) is 5.57 Å². The van der Waals surface area contributed by atoms with E-state index in [1.807, 2.05) is 4.90 Å². The van der Waals surface area contributed by atoms with Gasteiger partial charge in [-0.2, -0.15) is 0 Å². The van der Waals surface area contributed by atoms with Crippen molar-refractivity contribution >= 4 is 17.3 Å². The van der Waals surface area contributed by atoms with Crippen LogP contribution in [0.1, 0.15) is 68.2 Å². The molecule has 0 radical (unpaired) electrons. The largest absolute Gasteiger partial charge is 0.342 e. The van der Waals surface area contributed by atoms with Crippen LogP contribution in [0, 0.1) is 11.3 Å². The van der Waals surface area contributed by atoms with Gasteiger partial charge in [-0.25, -0.2) is 0 Å². The third kappa shape index (κ3) is 4.05. The van der Waals surface area contributed by atoms with Crippen molar-refractivity contribution in [2.75, 3.05) is 13.1 Å². The van der Waals surface area contributed by atoms with Gasteiger partial charge in [0.15, 0.2) is 0 Å². The Labute approximate surface area is 191 Å². The summed E-state index contributed by atoms with van der Waals surface area (Å²) >= 11 is 0. The second kappa shape index (κ2) is 8.35. The molecule has 0 spiro atoms. The Bertz CT molecular complexity index is 1030. The molecule has 3 aliphatic rings. The van der Waals surface area contributed by atoms with Gasteiger partial charge in [0.05, 0.1) is 0 Å². The summed E-state index contributed by atoms with van der Waals surface area (Å²) in [5.41, 5.74) is 8.59. The number of rotatable bonds is 4. The van der Waals surface area contributed by atoms with Crippen molar-refractivity contribution in [3.8, 4) is 0 Å². The maximum Gasteiger partial charge on any atom is 0.223 e. The van der Waals surface area contributed by atoms with Crippen LogP contribution in [-0.2, 0) is 22.4 Å². The van der Waals surface area contributed by atoms with Crippen molar-refractivity contribution in [3.63, 3.8) is 0 Å². The van der Waals surface area contributed by atoms with Crippen molar-refractivity contribution in [3.05, 3.63) is 76.4 Å². The zero-order chi connectivity index (χ0) is 22.3. The van der Waals surface area contributed by atoms with E-state index in [0.717, 1.165) is 45.2 Å². The highest BCUT2D eigenvalue weighted by molar-refractivity contribution is 5.89. The number of fused-ring (bicyclic) bond motifs is 2. The number of piperidine rings is 1. The molecule has 3 nitrogen and oxygen atoms in total. The van der Waals surface area contributed by atoms with Crippen molar-refractivity contribution < 1.29 is 9.59 Å². The second-order valence-corrected chi connectivity index (χ2v) is 10.4. The number of ketones is 1. The van der Waals surface area contributed by atoms with E-state index >= 15 is 0 Å². The molecule has 1 aliphatic heterocycles. The van der Waals surface area contributed by atoms with Crippen LogP contribution >= 0.6 is 0 Å². The van der Waals surface area contributed by atoms with Crippen molar-refractivity contribution in [2.45, 2.75) is 58.8 Å². The summed E-state index contributed by atoms with van der Waals surface area (Å²) in [5.74, 6) is 0.584. The van der Waals surface area contributed by atoms with E-state index in [9.17, 15) is 9.59 Å². The average Bonchev–Trinajstić information content (AvgIpc) is 3.49. The molecule has 0 unspecified atom stereocenters. The van der Waals surface area contributed by atoms with E-state index in [2.05, 4.69) is 62.4 Å². The fourth-order valence-corrected chi connectivity index (χ4v) is 5.62. The summed E-state index contributed by atoms with van der Waals surface area (Å²) in [6.07, 6.45) is 5.70. The summed E-state index contributed by atoms with van der Waals surface area (Å²) in [6, 6.07) is 17.6. The number of amides is 1. The third-order valence-electron chi connectivity index (χ3n) is 7.80. The molecule has 32 heavy (non-hydrogen) atoms. The van der Waals surface area contributed by atoms with Crippen molar-refractivity contribution in [2.24, 2.45) is 11.3 Å². The number of nitrogens with zero attached hydrogens (tertiary/aromatic N) is 1. The Morgan fingerprint density at radius 3 is 1.91 bits per heavy atom. The molecule has 5 rings (SSSR count). The first kappa shape index (κ1) is 21.2. The minimum absolute atomic E-state index is 0.141. The summed E-state index contributed by atoms with van der Waals surface area (Å²) < 4.78 is 0. The molecule has 3 heteroatoms. The van der Waals surface area contributed by atoms with Gasteiger partial charge in [0.25, 0.3) is 0 Å². The fraction of sp³-hybridized carbons (Fsp3) is 0.448. The van der Waals surface area contributed by atoms with E-state index in [1.165, 1.54) is 33.4 Å². The first-order valence-electron chi connectivity index (χ1n) is 12.1. The highest BCUT2D eigenvalue weighted by Crippen LogP contribution is 2.52. The molecular formula is C29H33NO2. The lowest BCUT2D eigenvalue weighted by Gasteiger charge is -2.30. The highest BCUT2D eigenvalue weighted by atomic mass is 16.2. The van der Waals surface area contributed by atoms with Crippen LogP contribution in [0.4, 0.5) is 0 Å². The van der Waals surface area contributed by atoms with Crippen LogP contribution in [-0.4, -0.2) is 29.7 Å². The lowest BCUT2D eigenvalue weighted by atomic mass is 9.86. The van der Waals surface area contributed by atoms with Crippen molar-refractivity contribution in [1.82, 2.24) is 4.90 Å². The van der Waals surface area contributed by atoms with Gasteiger partial charge in [0.1, 0.15) is 5.78 Å². The molecule has 1 amide bonds. The molecule has 2 fully saturated rings. The molecular weight excluding hydrogens is 394 g/mol. The van der Waals surface area contributed by atoms with Crippen LogP contribution < -0.4 is 0 Å². The summed E-state index contributed by atoms with van der Waals surface area (Å²) in [6.45, 7) is 5.79. The van der Waals surface area contributed by atoms with Crippen LogP contribution in [0.5, 0.6) is 0 Å². The molecule has 166 valence electrons. The number of hydrogen-bond donors (Lipinski definition) is 0. The first-order chi connectivity index (χ1) is 15.4. The Morgan fingerprint density at radius 1 is 0.844 bits per heavy atom. The molecule has 2 aromatic rings. The van der Waals surface area contributed by atoms with Crippen molar-refractivity contribution in [1.29, 1.82) is 0 Å². The molecule has 1 saturated heterocycles. The standard InChI is InChI=1S/C29H33NO2/c1-29(2)19-25(29)26(31)13-14-27(32)30-17-15-22(16-18-30)28-23-9-5-3-7-20(23)11-12-21-8-4-6-10-24(21)28/h3-10,25H,11-19H2,1-2H3/t25-/m0/s1. The third-order valence-corrected chi connectivity index (χ3v) is 7.80. The zero-order valence-electron chi connectivity index (χ0n) is 19.3. The van der Waals surface area contributed by atoms with E-state index in [0.29, 0.717) is 12.8 Å². The van der Waals surface area contributed by atoms with E-state index in [-0.39, 0.29) is 23.0 Å². The van der Waals surface area contributed by atoms with Gasteiger partial charge >= 0.3 is 0 Å². The summed E-state index contributed by atoms with van der Waals surface area (Å²) in [7, 11) is 0. The average molecular weight is 428 g/mol. The van der Waals surface area contributed by atoms with Gasteiger partial charge in [-0.3, -0.25) is 9.59 Å². The van der Waals surface area contributed by atoms with Gasteiger partial charge < -0.3 is 4.90 Å². The normalized spacial score (nSPS) is 21.4.